The average molecular weight is 236 g/mol. The van der Waals surface area contributed by atoms with Crippen molar-refractivity contribution in [1.29, 1.82) is 0 Å². The molecule has 0 bridgehead atoms. The van der Waals surface area contributed by atoms with E-state index in [1.54, 1.807) is 0 Å². The minimum absolute atomic E-state index is 0.200. The molecule has 0 atom stereocenters. The first-order valence-corrected chi connectivity index (χ1v) is 6.74. The van der Waals surface area contributed by atoms with Crippen LogP contribution < -0.4 is 10.5 Å². The predicted octanol–water partition coefficient (Wildman–Crippen LogP) is 0.525. The smallest absolute Gasteiger partial charge is 0.214 e. The first kappa shape index (κ1) is 11.9. The van der Waals surface area contributed by atoms with Crippen LogP contribution in [0.4, 0.5) is 0 Å². The molecule has 1 fully saturated rings. The Hall–Kier alpha value is -0.200. The standard InChI is InChI=1S/C8H16N2O2S2/c9-8(13)5-6-10-14(11,12)7-3-1-2-4-7/h7,10H,1-6H2,(H2,9,13). The van der Waals surface area contributed by atoms with Crippen molar-refractivity contribution < 1.29 is 8.42 Å². The normalized spacial score (nSPS) is 18.6. The maximum atomic E-state index is 11.6. The Morgan fingerprint density at radius 1 is 1.43 bits per heavy atom. The Morgan fingerprint density at radius 3 is 2.50 bits per heavy atom. The molecule has 6 heteroatoms. The molecule has 1 rings (SSSR count). The molecule has 0 aromatic heterocycles. The van der Waals surface area contributed by atoms with Crippen LogP contribution in [0, 0.1) is 0 Å². The molecular formula is C8H16N2O2S2. The fourth-order valence-electron chi connectivity index (χ4n) is 1.63. The predicted molar refractivity (Wildman–Crippen MR) is 60.6 cm³/mol. The maximum absolute atomic E-state index is 11.6. The summed E-state index contributed by atoms with van der Waals surface area (Å²) in [5.41, 5.74) is 5.27. The number of rotatable bonds is 5. The van der Waals surface area contributed by atoms with E-state index in [0.717, 1.165) is 25.7 Å². The van der Waals surface area contributed by atoms with Gasteiger partial charge in [-0.3, -0.25) is 0 Å². The number of nitrogens with one attached hydrogen (secondary N) is 1. The van der Waals surface area contributed by atoms with E-state index in [0.29, 0.717) is 18.0 Å². The summed E-state index contributed by atoms with van der Waals surface area (Å²) in [6.07, 6.45) is 4.02. The van der Waals surface area contributed by atoms with Gasteiger partial charge in [0.05, 0.1) is 10.2 Å². The van der Waals surface area contributed by atoms with Gasteiger partial charge in [-0.25, -0.2) is 13.1 Å². The minimum atomic E-state index is -3.12. The lowest BCUT2D eigenvalue weighted by atomic mass is 10.4. The van der Waals surface area contributed by atoms with Crippen LogP contribution in [-0.4, -0.2) is 25.2 Å². The molecule has 1 aliphatic rings. The molecule has 3 N–H and O–H groups in total. The Kier molecular flexibility index (Phi) is 4.28. The van der Waals surface area contributed by atoms with E-state index in [4.69, 9.17) is 5.73 Å². The molecule has 4 nitrogen and oxygen atoms in total. The molecule has 14 heavy (non-hydrogen) atoms. The molecule has 0 spiro atoms. The summed E-state index contributed by atoms with van der Waals surface area (Å²) in [6, 6.07) is 0. The van der Waals surface area contributed by atoms with Gasteiger partial charge in [0.1, 0.15) is 0 Å². The van der Waals surface area contributed by atoms with Crippen molar-refractivity contribution in [1.82, 2.24) is 4.72 Å². The van der Waals surface area contributed by atoms with Crippen molar-refractivity contribution in [3.63, 3.8) is 0 Å². The van der Waals surface area contributed by atoms with Gasteiger partial charge >= 0.3 is 0 Å². The molecule has 0 unspecified atom stereocenters. The van der Waals surface area contributed by atoms with E-state index in [2.05, 4.69) is 16.9 Å². The molecule has 0 radical (unpaired) electrons. The van der Waals surface area contributed by atoms with Crippen molar-refractivity contribution in [2.24, 2.45) is 5.73 Å². The van der Waals surface area contributed by atoms with Gasteiger partial charge in [0.25, 0.3) is 0 Å². The first-order chi connectivity index (χ1) is 6.52. The van der Waals surface area contributed by atoms with Gasteiger partial charge in [-0.1, -0.05) is 25.1 Å². The first-order valence-electron chi connectivity index (χ1n) is 4.79. The second-order valence-corrected chi connectivity index (χ2v) is 6.13. The number of hydrogen-bond acceptors (Lipinski definition) is 3. The maximum Gasteiger partial charge on any atom is 0.214 e. The molecular weight excluding hydrogens is 220 g/mol. The van der Waals surface area contributed by atoms with Crippen LogP contribution in [0.25, 0.3) is 0 Å². The fourth-order valence-corrected chi connectivity index (χ4v) is 3.31. The van der Waals surface area contributed by atoms with Gasteiger partial charge in [0.15, 0.2) is 0 Å². The fraction of sp³-hybridized carbons (Fsp3) is 0.875. The minimum Gasteiger partial charge on any atom is -0.393 e. The summed E-state index contributed by atoms with van der Waals surface area (Å²) in [7, 11) is -3.12. The van der Waals surface area contributed by atoms with E-state index >= 15 is 0 Å². The van der Waals surface area contributed by atoms with Gasteiger partial charge < -0.3 is 5.73 Å². The zero-order chi connectivity index (χ0) is 10.6. The monoisotopic (exact) mass is 236 g/mol. The molecule has 0 heterocycles. The van der Waals surface area contributed by atoms with Gasteiger partial charge in [-0.15, -0.1) is 0 Å². The molecule has 82 valence electrons. The highest BCUT2D eigenvalue weighted by molar-refractivity contribution is 7.90. The van der Waals surface area contributed by atoms with Gasteiger partial charge in [0, 0.05) is 13.0 Å². The zero-order valence-corrected chi connectivity index (χ0v) is 9.66. The van der Waals surface area contributed by atoms with E-state index in [1.165, 1.54) is 0 Å². The number of hydrogen-bond donors (Lipinski definition) is 2. The molecule has 0 aliphatic heterocycles. The van der Waals surface area contributed by atoms with Gasteiger partial charge in [0.2, 0.25) is 10.0 Å². The average Bonchev–Trinajstić information content (AvgIpc) is 2.54. The highest BCUT2D eigenvalue weighted by atomic mass is 32.2. The molecule has 0 aromatic carbocycles. The Balaban J connectivity index is 2.37. The highest BCUT2D eigenvalue weighted by Gasteiger charge is 2.27. The zero-order valence-electron chi connectivity index (χ0n) is 8.03. The second-order valence-electron chi connectivity index (χ2n) is 3.56. The van der Waals surface area contributed by atoms with E-state index in [-0.39, 0.29) is 5.25 Å². The van der Waals surface area contributed by atoms with Crippen LogP contribution in [-0.2, 0) is 10.0 Å². The lowest BCUT2D eigenvalue weighted by Gasteiger charge is -2.11. The summed E-state index contributed by atoms with van der Waals surface area (Å²) in [5, 5.41) is -0.200. The summed E-state index contributed by atoms with van der Waals surface area (Å²) >= 11 is 4.66. The van der Waals surface area contributed by atoms with Gasteiger partial charge in [-0.2, -0.15) is 0 Å². The highest BCUT2D eigenvalue weighted by Crippen LogP contribution is 2.23. The van der Waals surface area contributed by atoms with Gasteiger partial charge in [-0.05, 0) is 12.8 Å². The third kappa shape index (κ3) is 3.51. The van der Waals surface area contributed by atoms with Crippen molar-refractivity contribution >= 4 is 27.2 Å². The van der Waals surface area contributed by atoms with Crippen LogP contribution in [0.3, 0.4) is 0 Å². The van der Waals surface area contributed by atoms with Crippen molar-refractivity contribution in [3.05, 3.63) is 0 Å². The Bertz CT molecular complexity index is 294. The lowest BCUT2D eigenvalue weighted by molar-refractivity contribution is 0.566. The number of thiocarbonyl (C=S) groups is 1. The topological polar surface area (TPSA) is 72.2 Å². The molecule has 1 saturated carbocycles. The third-order valence-corrected chi connectivity index (χ3v) is 4.58. The lowest BCUT2D eigenvalue weighted by Crippen LogP contribution is -2.34. The summed E-state index contributed by atoms with van der Waals surface area (Å²) < 4.78 is 25.8. The largest absolute Gasteiger partial charge is 0.393 e. The Morgan fingerprint density at radius 2 is 2.00 bits per heavy atom. The summed E-state index contributed by atoms with van der Waals surface area (Å²) in [4.78, 5) is 0.346. The van der Waals surface area contributed by atoms with Crippen molar-refractivity contribution in [3.8, 4) is 0 Å². The SMILES string of the molecule is NC(=S)CCNS(=O)(=O)C1CCCC1. The molecule has 0 saturated heterocycles. The second kappa shape index (κ2) is 5.04. The summed E-state index contributed by atoms with van der Waals surface area (Å²) in [6.45, 7) is 0.328. The molecule has 0 amide bonds. The third-order valence-electron chi connectivity index (χ3n) is 2.42. The van der Waals surface area contributed by atoms with Crippen LogP contribution >= 0.6 is 12.2 Å². The molecule has 1 aliphatic carbocycles. The van der Waals surface area contributed by atoms with Crippen LogP contribution in [0.1, 0.15) is 32.1 Å². The van der Waals surface area contributed by atoms with Crippen molar-refractivity contribution in [2.75, 3.05) is 6.54 Å². The van der Waals surface area contributed by atoms with Crippen LogP contribution in [0.15, 0.2) is 0 Å². The van der Waals surface area contributed by atoms with E-state index in [9.17, 15) is 8.42 Å². The van der Waals surface area contributed by atoms with Crippen LogP contribution in [0.2, 0.25) is 0 Å². The van der Waals surface area contributed by atoms with E-state index < -0.39 is 10.0 Å². The number of sulfonamides is 1. The quantitative estimate of drug-likeness (QED) is 0.683. The molecule has 0 aromatic rings. The van der Waals surface area contributed by atoms with Crippen molar-refractivity contribution in [2.45, 2.75) is 37.4 Å². The van der Waals surface area contributed by atoms with E-state index in [1.807, 2.05) is 0 Å². The summed E-state index contributed by atoms with van der Waals surface area (Å²) in [5.74, 6) is 0. The van der Waals surface area contributed by atoms with Crippen LogP contribution in [0.5, 0.6) is 0 Å². The number of nitrogens with two attached hydrogens (primary N) is 1. The Labute approximate surface area is 90.3 Å².